The summed E-state index contributed by atoms with van der Waals surface area (Å²) in [6, 6.07) is 46.7. The molecular formula is C56H30F4N8O4. The van der Waals surface area contributed by atoms with Gasteiger partial charge in [0.15, 0.2) is 63.4 Å². The first-order valence-corrected chi connectivity index (χ1v) is 22.3. The molecule has 2 aliphatic heterocycles. The fourth-order valence-corrected chi connectivity index (χ4v) is 8.66. The van der Waals surface area contributed by atoms with Crippen molar-refractivity contribution in [2.75, 3.05) is 0 Å². The van der Waals surface area contributed by atoms with E-state index < -0.39 is 23.3 Å². The van der Waals surface area contributed by atoms with Crippen molar-refractivity contribution >= 4 is 44.1 Å². The maximum absolute atomic E-state index is 15.6. The smallest absolute Gasteiger partial charge is 0.213 e. The average Bonchev–Trinajstić information content (AvgIpc) is 4.12. The molecule has 12 nitrogen and oxygen atoms in total. The first-order chi connectivity index (χ1) is 35.3. The van der Waals surface area contributed by atoms with Crippen LogP contribution in [0, 0.1) is 23.3 Å². The largest absolute Gasteiger partial charge is 0.452 e. The Labute approximate surface area is 404 Å². The Kier molecular flexibility index (Phi) is 9.91. The molecule has 0 fully saturated rings. The number of ether oxygens (including phenoxy) is 3. The van der Waals surface area contributed by atoms with E-state index in [2.05, 4.69) is 4.98 Å². The molecule has 3 aromatic heterocycles. The normalized spacial score (nSPS) is 11.6. The number of benzene rings is 8. The van der Waals surface area contributed by atoms with Gasteiger partial charge in [0, 0.05) is 44.5 Å². The molecule has 0 atom stereocenters. The van der Waals surface area contributed by atoms with Gasteiger partial charge in [-0.05, 0) is 78.9 Å². The molecule has 0 amide bonds. The molecule has 8 aromatic carbocycles. The third-order valence-electron chi connectivity index (χ3n) is 11.9. The summed E-state index contributed by atoms with van der Waals surface area (Å²) >= 11 is 0. The van der Waals surface area contributed by atoms with E-state index in [-0.39, 0.29) is 63.3 Å². The minimum Gasteiger partial charge on any atom is -0.452 e. The topological polar surface area (TPSA) is 135 Å². The third-order valence-corrected chi connectivity index (χ3v) is 11.9. The Morgan fingerprint density at radius 3 is 1.44 bits per heavy atom. The van der Waals surface area contributed by atoms with E-state index in [0.717, 1.165) is 12.1 Å². The number of aromatic nitrogens is 8. The lowest BCUT2D eigenvalue weighted by Crippen LogP contribution is -2.07. The molecule has 0 aliphatic carbocycles. The quantitative estimate of drug-likeness (QED) is 0.147. The highest BCUT2D eigenvalue weighted by Gasteiger charge is 2.28. The summed E-state index contributed by atoms with van der Waals surface area (Å²) in [4.78, 5) is 40.9. The summed E-state index contributed by atoms with van der Waals surface area (Å²) in [6.45, 7) is 0. The molecule has 2 aliphatic rings. The van der Waals surface area contributed by atoms with Crippen LogP contribution in [0.1, 0.15) is 0 Å². The van der Waals surface area contributed by atoms with Gasteiger partial charge in [0.2, 0.25) is 5.75 Å². The predicted molar refractivity (Wildman–Crippen MR) is 262 cm³/mol. The summed E-state index contributed by atoms with van der Waals surface area (Å²) < 4.78 is 79.6. The number of hydrogen-bond acceptors (Lipinski definition) is 10. The van der Waals surface area contributed by atoms with E-state index in [0.29, 0.717) is 72.7 Å². The highest BCUT2D eigenvalue weighted by atomic mass is 19.1. The molecular weight excluding hydrogens is 925 g/mol. The van der Waals surface area contributed by atoms with E-state index in [1.807, 2.05) is 78.9 Å². The van der Waals surface area contributed by atoms with Crippen molar-refractivity contribution in [3.63, 3.8) is 0 Å². The van der Waals surface area contributed by atoms with Crippen LogP contribution in [-0.2, 0) is 0 Å². The zero-order chi connectivity index (χ0) is 48.5. The Morgan fingerprint density at radius 1 is 0.375 bits per heavy atom. The van der Waals surface area contributed by atoms with Gasteiger partial charge in [0.05, 0.1) is 5.39 Å². The van der Waals surface area contributed by atoms with E-state index in [1.165, 1.54) is 53.3 Å². The summed E-state index contributed by atoms with van der Waals surface area (Å²) in [5, 5.41) is 2.00. The molecule has 0 spiro atoms. The Morgan fingerprint density at radius 2 is 0.861 bits per heavy atom. The maximum Gasteiger partial charge on any atom is 0.213 e. The number of halogens is 4. The number of nitrogens with zero attached hydrogens (tertiary/aromatic N) is 7. The van der Waals surface area contributed by atoms with Gasteiger partial charge < -0.3 is 24.0 Å². The highest BCUT2D eigenvalue weighted by molar-refractivity contribution is 6.11. The van der Waals surface area contributed by atoms with E-state index >= 15 is 4.39 Å². The van der Waals surface area contributed by atoms with E-state index in [1.54, 1.807) is 30.3 Å². The number of H-pyrrole nitrogens is 1. The number of nitrogens with one attached hydrogen (secondary N) is 1. The Balaban J connectivity index is 1.19. The average molecular weight is 955 g/mol. The molecule has 11 aromatic rings. The van der Waals surface area contributed by atoms with Gasteiger partial charge in [0.1, 0.15) is 40.2 Å². The molecule has 1 N–H and O–H groups in total. The third kappa shape index (κ3) is 7.41. The van der Waals surface area contributed by atoms with E-state index in [4.69, 9.17) is 49.0 Å². The minimum absolute atomic E-state index is 0.0288. The fraction of sp³-hybridized carbons (Fsp3) is 0. The maximum atomic E-state index is 15.6. The van der Waals surface area contributed by atoms with Crippen LogP contribution in [0.3, 0.4) is 0 Å². The van der Waals surface area contributed by atoms with Crippen molar-refractivity contribution in [1.82, 2.24) is 39.6 Å². The molecule has 0 radical (unpaired) electrons. The second-order valence-electron chi connectivity index (χ2n) is 16.5. The van der Waals surface area contributed by atoms with Crippen molar-refractivity contribution in [3.05, 3.63) is 199 Å². The minimum atomic E-state index is -0.992. The van der Waals surface area contributed by atoms with Crippen molar-refractivity contribution in [1.29, 1.82) is 0 Å². The first kappa shape index (κ1) is 42.2. The predicted octanol–water partition coefficient (Wildman–Crippen LogP) is 14.1. The standard InChI is InChI=1S/C56H30F4N8O4/c57-30-18-23-34(24-19-30)69-47-45(71-44-27-22-32(59)28-43(44)60)29-42-46(48(47)70-33-10-2-1-3-11-33)54-64-50-37-13-5-7-15-39(37)52(62-50)67-56-41-17-9-8-16-40(41)55(68(56)72-35-25-20-31(58)21-26-35)66-51-38-14-6-4-12-36(38)49(61-51)63-53(42)65-54/h1-29H,(H,61,62,63,64,65,66,67). The Hall–Kier alpha value is -9.96. The molecule has 0 unspecified atom stereocenters. The van der Waals surface area contributed by atoms with Gasteiger partial charge in [0.25, 0.3) is 0 Å². The lowest BCUT2D eigenvalue weighted by atomic mass is 10.1. The Bertz CT molecular complexity index is 4170. The monoisotopic (exact) mass is 954 g/mol. The van der Waals surface area contributed by atoms with Crippen LogP contribution in [0.15, 0.2) is 176 Å². The molecule has 5 heterocycles. The second kappa shape index (κ2) is 16.9. The molecule has 346 valence electrons. The van der Waals surface area contributed by atoms with Gasteiger partial charge in [-0.2, -0.15) is 0 Å². The van der Waals surface area contributed by atoms with E-state index in [9.17, 15) is 13.2 Å². The molecule has 8 bridgehead atoms. The lowest BCUT2D eigenvalue weighted by molar-refractivity contribution is 0.237. The van der Waals surface area contributed by atoms with Crippen LogP contribution in [-0.4, -0.2) is 39.6 Å². The lowest BCUT2D eigenvalue weighted by Gasteiger charge is -2.18. The second-order valence-corrected chi connectivity index (χ2v) is 16.5. The zero-order valence-electron chi connectivity index (χ0n) is 37.0. The zero-order valence-corrected chi connectivity index (χ0v) is 37.0. The van der Waals surface area contributed by atoms with Gasteiger partial charge in [-0.15, -0.1) is 4.73 Å². The van der Waals surface area contributed by atoms with Crippen molar-refractivity contribution < 1.29 is 36.6 Å². The number of aromatic amines is 1. The SMILES string of the molecule is Fc1ccc(Oc2c(Oc3ccc(F)cc3F)cc3c4nc5nc(nc6c7ccccc7c(nc7nc(nc([nH]4)c3c2Oc2ccccc2)-c2ccccc2-7)n6Oc2ccc(F)cc2)-c2ccccc2-5)cc1. The summed E-state index contributed by atoms with van der Waals surface area (Å²) in [7, 11) is 0. The van der Waals surface area contributed by atoms with Crippen LogP contribution >= 0.6 is 0 Å². The number of para-hydroxylation sites is 1. The van der Waals surface area contributed by atoms with Gasteiger partial charge in [-0.25, -0.2) is 47.5 Å². The molecule has 13 rings (SSSR count). The van der Waals surface area contributed by atoms with Crippen LogP contribution < -0.4 is 19.0 Å². The van der Waals surface area contributed by atoms with Crippen LogP contribution in [0.5, 0.6) is 40.2 Å². The number of fused-ring (bicyclic) bond motifs is 20. The van der Waals surface area contributed by atoms with Gasteiger partial charge in [-0.3, -0.25) is 0 Å². The number of hydrogen-bond donors (Lipinski definition) is 1. The number of rotatable bonds is 8. The van der Waals surface area contributed by atoms with Crippen molar-refractivity contribution in [2.45, 2.75) is 0 Å². The van der Waals surface area contributed by atoms with Crippen LogP contribution in [0.4, 0.5) is 17.6 Å². The highest BCUT2D eigenvalue weighted by Crippen LogP contribution is 2.51. The molecule has 0 saturated heterocycles. The summed E-state index contributed by atoms with van der Waals surface area (Å²) in [5.74, 6) is -1.31. The summed E-state index contributed by atoms with van der Waals surface area (Å²) in [6.07, 6.45) is 0. The van der Waals surface area contributed by atoms with Gasteiger partial charge in [-0.1, -0.05) is 91.0 Å². The fourth-order valence-electron chi connectivity index (χ4n) is 8.66. The first-order valence-electron chi connectivity index (χ1n) is 22.3. The van der Waals surface area contributed by atoms with Gasteiger partial charge >= 0.3 is 0 Å². The van der Waals surface area contributed by atoms with Crippen LogP contribution in [0.2, 0.25) is 0 Å². The molecule has 16 heteroatoms. The summed E-state index contributed by atoms with van der Waals surface area (Å²) in [5.41, 5.74) is 3.60. The van der Waals surface area contributed by atoms with Crippen molar-refractivity contribution in [3.8, 4) is 85.8 Å². The van der Waals surface area contributed by atoms with Crippen molar-refractivity contribution in [2.24, 2.45) is 0 Å². The molecule has 0 saturated carbocycles. The van der Waals surface area contributed by atoms with Crippen LogP contribution in [0.25, 0.3) is 89.7 Å². The molecule has 72 heavy (non-hydrogen) atoms.